The quantitative estimate of drug-likeness (QED) is 0.918. The number of aromatic nitrogens is 1. The van der Waals surface area contributed by atoms with Gasteiger partial charge in [0.05, 0.1) is 24.4 Å². The molecule has 6 nitrogen and oxygen atoms in total. The average Bonchev–Trinajstić information content (AvgIpc) is 3.00. The van der Waals surface area contributed by atoms with Crippen LogP contribution in [-0.4, -0.2) is 41.7 Å². The Morgan fingerprint density at radius 3 is 2.83 bits per heavy atom. The normalized spacial score (nSPS) is 19.9. The molecule has 3 rings (SSSR count). The number of benzene rings is 1. The summed E-state index contributed by atoms with van der Waals surface area (Å²) in [6.07, 6.45) is -0.0706. The molecule has 1 N–H and O–H groups in total. The summed E-state index contributed by atoms with van der Waals surface area (Å²) in [4.78, 5) is 14.5. The molecule has 1 aliphatic rings. The van der Waals surface area contributed by atoms with Crippen LogP contribution in [0, 0.1) is 6.92 Å². The van der Waals surface area contributed by atoms with Crippen molar-refractivity contribution in [3.05, 3.63) is 46.6 Å². The number of amides is 1. The molecule has 1 aromatic heterocycles. The van der Waals surface area contributed by atoms with Crippen LogP contribution in [0.1, 0.15) is 24.3 Å². The molecule has 0 bridgehead atoms. The Morgan fingerprint density at radius 1 is 1.42 bits per heavy atom. The topological polar surface area (TPSA) is 67.6 Å². The number of nitrogens with zero attached hydrogens (tertiary/aromatic N) is 2. The number of morpholine rings is 1. The lowest BCUT2D eigenvalue weighted by molar-refractivity contribution is -0.124. The first kappa shape index (κ1) is 17.0. The van der Waals surface area contributed by atoms with E-state index in [1.165, 1.54) is 0 Å². The molecule has 1 aliphatic heterocycles. The Bertz CT molecular complexity index is 701. The van der Waals surface area contributed by atoms with E-state index < -0.39 is 0 Å². The Kier molecular flexibility index (Phi) is 5.18. The fourth-order valence-corrected chi connectivity index (χ4v) is 2.84. The fourth-order valence-electron chi connectivity index (χ4n) is 2.71. The summed E-state index contributed by atoms with van der Waals surface area (Å²) in [6.45, 7) is 5.61. The SMILES string of the molecule is Cc1cc(NC(=O)[C@@H](C)N2CCO[C@H](c3ccc(Cl)cc3)C2)on1. The van der Waals surface area contributed by atoms with Crippen LogP contribution in [0.5, 0.6) is 0 Å². The third-order valence-corrected chi connectivity index (χ3v) is 4.39. The average molecular weight is 350 g/mol. The number of rotatable bonds is 4. The monoisotopic (exact) mass is 349 g/mol. The summed E-state index contributed by atoms with van der Waals surface area (Å²) in [7, 11) is 0. The van der Waals surface area contributed by atoms with Gasteiger partial charge in [-0.3, -0.25) is 15.0 Å². The van der Waals surface area contributed by atoms with Crippen molar-refractivity contribution in [1.82, 2.24) is 10.1 Å². The van der Waals surface area contributed by atoms with Crippen LogP contribution in [0.25, 0.3) is 0 Å². The molecule has 1 saturated heterocycles. The molecular weight excluding hydrogens is 330 g/mol. The van der Waals surface area contributed by atoms with Gasteiger partial charge in [-0.15, -0.1) is 0 Å². The molecule has 2 aromatic rings. The summed E-state index contributed by atoms with van der Waals surface area (Å²) < 4.78 is 10.9. The second-order valence-corrected chi connectivity index (χ2v) is 6.34. The summed E-state index contributed by atoms with van der Waals surface area (Å²) in [6, 6.07) is 9.01. The van der Waals surface area contributed by atoms with Crippen LogP contribution >= 0.6 is 11.6 Å². The lowest BCUT2D eigenvalue weighted by atomic mass is 10.1. The number of nitrogens with one attached hydrogen (secondary N) is 1. The van der Waals surface area contributed by atoms with Gasteiger partial charge in [0.2, 0.25) is 11.8 Å². The molecule has 1 amide bonds. The van der Waals surface area contributed by atoms with Crippen molar-refractivity contribution < 1.29 is 14.1 Å². The Morgan fingerprint density at radius 2 is 2.17 bits per heavy atom. The maximum atomic E-state index is 12.4. The minimum absolute atomic E-state index is 0.0706. The molecule has 2 heterocycles. The molecule has 1 fully saturated rings. The van der Waals surface area contributed by atoms with Crippen molar-refractivity contribution in [1.29, 1.82) is 0 Å². The zero-order chi connectivity index (χ0) is 17.1. The number of hydrogen-bond donors (Lipinski definition) is 1. The minimum atomic E-state index is -0.297. The van der Waals surface area contributed by atoms with E-state index >= 15 is 0 Å². The molecule has 2 atom stereocenters. The predicted octanol–water partition coefficient (Wildman–Crippen LogP) is 3.04. The molecule has 128 valence electrons. The van der Waals surface area contributed by atoms with Crippen molar-refractivity contribution in [2.24, 2.45) is 0 Å². The van der Waals surface area contributed by atoms with E-state index in [0.717, 1.165) is 11.3 Å². The highest BCUT2D eigenvalue weighted by Gasteiger charge is 2.29. The van der Waals surface area contributed by atoms with Gasteiger partial charge in [-0.2, -0.15) is 0 Å². The molecule has 24 heavy (non-hydrogen) atoms. The van der Waals surface area contributed by atoms with Gasteiger partial charge in [-0.1, -0.05) is 28.9 Å². The minimum Gasteiger partial charge on any atom is -0.371 e. The highest BCUT2D eigenvalue weighted by Crippen LogP contribution is 2.25. The van der Waals surface area contributed by atoms with E-state index in [0.29, 0.717) is 30.6 Å². The number of carbonyl (C=O) groups is 1. The lowest BCUT2D eigenvalue weighted by Crippen LogP contribution is -2.48. The number of halogens is 1. The van der Waals surface area contributed by atoms with Crippen molar-refractivity contribution in [3.63, 3.8) is 0 Å². The van der Waals surface area contributed by atoms with E-state index in [9.17, 15) is 4.79 Å². The van der Waals surface area contributed by atoms with Gasteiger partial charge in [0.25, 0.3) is 0 Å². The summed E-state index contributed by atoms with van der Waals surface area (Å²) >= 11 is 5.93. The maximum Gasteiger partial charge on any atom is 0.243 e. The van der Waals surface area contributed by atoms with Crippen molar-refractivity contribution >= 4 is 23.4 Å². The third-order valence-electron chi connectivity index (χ3n) is 4.14. The van der Waals surface area contributed by atoms with E-state index in [2.05, 4.69) is 15.4 Å². The second kappa shape index (κ2) is 7.34. The van der Waals surface area contributed by atoms with Gasteiger partial charge < -0.3 is 9.26 Å². The molecule has 0 aliphatic carbocycles. The van der Waals surface area contributed by atoms with Gasteiger partial charge >= 0.3 is 0 Å². The third kappa shape index (κ3) is 3.95. The smallest absolute Gasteiger partial charge is 0.243 e. The van der Waals surface area contributed by atoms with Gasteiger partial charge in [-0.05, 0) is 31.5 Å². The van der Waals surface area contributed by atoms with Crippen LogP contribution in [0.4, 0.5) is 5.88 Å². The van der Waals surface area contributed by atoms with Gasteiger partial charge in [0.15, 0.2) is 0 Å². The van der Waals surface area contributed by atoms with Crippen LogP contribution in [0.2, 0.25) is 5.02 Å². The zero-order valence-electron chi connectivity index (χ0n) is 13.7. The molecule has 0 spiro atoms. The molecular formula is C17H20ClN3O3. The molecule has 0 radical (unpaired) electrons. The van der Waals surface area contributed by atoms with Crippen LogP contribution in [0.3, 0.4) is 0 Å². The molecule has 1 aromatic carbocycles. The number of ether oxygens (including phenoxy) is 1. The number of carbonyl (C=O) groups excluding carboxylic acids is 1. The Labute approximate surface area is 145 Å². The van der Waals surface area contributed by atoms with E-state index in [1.54, 1.807) is 13.0 Å². The summed E-state index contributed by atoms with van der Waals surface area (Å²) in [5.41, 5.74) is 1.79. The predicted molar refractivity (Wildman–Crippen MR) is 91.0 cm³/mol. The van der Waals surface area contributed by atoms with E-state index in [-0.39, 0.29) is 18.1 Å². The largest absolute Gasteiger partial charge is 0.371 e. The van der Waals surface area contributed by atoms with Crippen molar-refractivity contribution in [2.45, 2.75) is 26.0 Å². The van der Waals surface area contributed by atoms with Crippen molar-refractivity contribution in [3.8, 4) is 0 Å². The van der Waals surface area contributed by atoms with Crippen molar-refractivity contribution in [2.75, 3.05) is 25.0 Å². The van der Waals surface area contributed by atoms with E-state index in [1.807, 2.05) is 31.2 Å². The Balaban J connectivity index is 1.62. The fraction of sp³-hybridized carbons (Fsp3) is 0.412. The van der Waals surface area contributed by atoms with Gasteiger partial charge in [0, 0.05) is 24.2 Å². The second-order valence-electron chi connectivity index (χ2n) is 5.90. The van der Waals surface area contributed by atoms with Gasteiger partial charge in [-0.25, -0.2) is 0 Å². The number of hydrogen-bond acceptors (Lipinski definition) is 5. The number of anilines is 1. The first-order valence-corrected chi connectivity index (χ1v) is 8.26. The standard InChI is InChI=1S/C17H20ClN3O3/c1-11-9-16(24-20-11)19-17(22)12(2)21-7-8-23-15(10-21)13-3-5-14(18)6-4-13/h3-6,9,12,15H,7-8,10H2,1-2H3,(H,19,22)/t12-,15+/m1/s1. The highest BCUT2D eigenvalue weighted by molar-refractivity contribution is 6.30. The molecule has 7 heteroatoms. The Hall–Kier alpha value is -1.89. The van der Waals surface area contributed by atoms with Crippen LogP contribution < -0.4 is 5.32 Å². The first-order valence-electron chi connectivity index (χ1n) is 7.88. The zero-order valence-corrected chi connectivity index (χ0v) is 14.4. The van der Waals surface area contributed by atoms with E-state index in [4.69, 9.17) is 20.9 Å². The van der Waals surface area contributed by atoms with Crippen LogP contribution in [-0.2, 0) is 9.53 Å². The summed E-state index contributed by atoms with van der Waals surface area (Å²) in [5.74, 6) is 0.245. The summed E-state index contributed by atoms with van der Waals surface area (Å²) in [5, 5.41) is 7.22. The molecule has 0 unspecified atom stereocenters. The highest BCUT2D eigenvalue weighted by atomic mass is 35.5. The number of aryl methyl sites for hydroxylation is 1. The first-order chi connectivity index (χ1) is 11.5. The molecule has 0 saturated carbocycles. The van der Waals surface area contributed by atoms with Gasteiger partial charge in [0.1, 0.15) is 0 Å². The van der Waals surface area contributed by atoms with Crippen LogP contribution in [0.15, 0.2) is 34.9 Å². The lowest BCUT2D eigenvalue weighted by Gasteiger charge is -2.36. The maximum absolute atomic E-state index is 12.4.